The van der Waals surface area contributed by atoms with Crippen LogP contribution in [0.1, 0.15) is 29.3 Å². The average molecular weight is 236 g/mol. The Bertz CT molecular complexity index is 418. The number of hydrogen-bond donors (Lipinski definition) is 3. The van der Waals surface area contributed by atoms with Gasteiger partial charge in [0, 0.05) is 6.54 Å². The Kier molecular flexibility index (Phi) is 4.66. The number of carboxylic acid groups (broad SMARTS) is 1. The Morgan fingerprint density at radius 1 is 1.47 bits per heavy atom. The Balaban J connectivity index is 2.60. The molecule has 0 aromatic heterocycles. The van der Waals surface area contributed by atoms with Crippen LogP contribution in [0.15, 0.2) is 24.3 Å². The van der Waals surface area contributed by atoms with Gasteiger partial charge in [-0.25, -0.2) is 4.79 Å². The van der Waals surface area contributed by atoms with Crippen molar-refractivity contribution in [2.24, 2.45) is 5.73 Å². The van der Waals surface area contributed by atoms with Gasteiger partial charge in [0.05, 0.1) is 11.6 Å². The number of carbonyl (C=O) groups is 2. The molecule has 92 valence electrons. The van der Waals surface area contributed by atoms with E-state index in [9.17, 15) is 9.59 Å². The van der Waals surface area contributed by atoms with E-state index in [-0.39, 0.29) is 18.0 Å². The first-order valence-corrected chi connectivity index (χ1v) is 5.40. The van der Waals surface area contributed by atoms with Crippen LogP contribution in [0.25, 0.3) is 0 Å². The van der Waals surface area contributed by atoms with E-state index in [1.165, 1.54) is 12.1 Å². The van der Waals surface area contributed by atoms with E-state index in [1.807, 2.05) is 6.92 Å². The second-order valence-corrected chi connectivity index (χ2v) is 3.74. The fourth-order valence-electron chi connectivity index (χ4n) is 1.32. The number of rotatable bonds is 5. The Morgan fingerprint density at radius 3 is 2.76 bits per heavy atom. The molecule has 1 amide bonds. The smallest absolute Gasteiger partial charge is 0.335 e. The van der Waals surface area contributed by atoms with Crippen molar-refractivity contribution >= 4 is 11.9 Å². The molecule has 0 aliphatic carbocycles. The molecule has 0 bridgehead atoms. The highest BCUT2D eigenvalue weighted by molar-refractivity contribution is 5.87. The quantitative estimate of drug-likeness (QED) is 0.703. The SMILES string of the molecule is CC[C@H](N)C(=O)NCc1cccc(C(=O)O)c1. The molecule has 4 N–H and O–H groups in total. The highest BCUT2D eigenvalue weighted by Crippen LogP contribution is 2.05. The van der Waals surface area contributed by atoms with Crippen molar-refractivity contribution < 1.29 is 14.7 Å². The van der Waals surface area contributed by atoms with Crippen molar-refractivity contribution in [1.29, 1.82) is 0 Å². The minimum atomic E-state index is -0.983. The number of hydrogen-bond acceptors (Lipinski definition) is 3. The van der Waals surface area contributed by atoms with Gasteiger partial charge in [0.1, 0.15) is 0 Å². The largest absolute Gasteiger partial charge is 0.478 e. The molecule has 1 aromatic carbocycles. The maximum absolute atomic E-state index is 11.4. The summed E-state index contributed by atoms with van der Waals surface area (Å²) in [6, 6.07) is 5.91. The van der Waals surface area contributed by atoms with Gasteiger partial charge in [0.2, 0.25) is 5.91 Å². The van der Waals surface area contributed by atoms with Crippen molar-refractivity contribution in [1.82, 2.24) is 5.32 Å². The van der Waals surface area contributed by atoms with E-state index in [1.54, 1.807) is 12.1 Å². The number of nitrogens with one attached hydrogen (secondary N) is 1. The molecule has 5 heteroatoms. The molecule has 5 nitrogen and oxygen atoms in total. The molecular formula is C12H16N2O3. The van der Waals surface area contributed by atoms with E-state index < -0.39 is 12.0 Å². The van der Waals surface area contributed by atoms with Crippen LogP contribution in [0.2, 0.25) is 0 Å². The van der Waals surface area contributed by atoms with Crippen molar-refractivity contribution in [3.63, 3.8) is 0 Å². The monoisotopic (exact) mass is 236 g/mol. The molecule has 0 heterocycles. The van der Waals surface area contributed by atoms with Crippen molar-refractivity contribution in [3.05, 3.63) is 35.4 Å². The summed E-state index contributed by atoms with van der Waals surface area (Å²) in [5.41, 5.74) is 6.50. The van der Waals surface area contributed by atoms with Crippen LogP contribution in [0.3, 0.4) is 0 Å². The molecule has 0 aliphatic rings. The molecule has 1 aromatic rings. The molecule has 0 unspecified atom stereocenters. The molecular weight excluding hydrogens is 220 g/mol. The van der Waals surface area contributed by atoms with Crippen molar-refractivity contribution in [3.8, 4) is 0 Å². The van der Waals surface area contributed by atoms with E-state index in [4.69, 9.17) is 10.8 Å². The van der Waals surface area contributed by atoms with Crippen LogP contribution in [-0.4, -0.2) is 23.0 Å². The molecule has 17 heavy (non-hydrogen) atoms. The maximum Gasteiger partial charge on any atom is 0.335 e. The Hall–Kier alpha value is -1.88. The molecule has 0 fully saturated rings. The first-order valence-electron chi connectivity index (χ1n) is 5.40. The summed E-state index contributed by atoms with van der Waals surface area (Å²) < 4.78 is 0. The van der Waals surface area contributed by atoms with Crippen LogP contribution >= 0.6 is 0 Å². The third-order valence-electron chi connectivity index (χ3n) is 2.42. The van der Waals surface area contributed by atoms with Gasteiger partial charge in [-0.15, -0.1) is 0 Å². The number of amides is 1. The van der Waals surface area contributed by atoms with Gasteiger partial charge in [-0.2, -0.15) is 0 Å². The zero-order valence-corrected chi connectivity index (χ0v) is 9.64. The van der Waals surface area contributed by atoms with Crippen LogP contribution < -0.4 is 11.1 Å². The molecule has 0 radical (unpaired) electrons. The second-order valence-electron chi connectivity index (χ2n) is 3.74. The summed E-state index contributed by atoms with van der Waals surface area (Å²) >= 11 is 0. The molecule has 1 atom stereocenters. The van der Waals surface area contributed by atoms with E-state index >= 15 is 0 Å². The van der Waals surface area contributed by atoms with Crippen LogP contribution in [0, 0.1) is 0 Å². The number of aromatic carboxylic acids is 1. The second kappa shape index (κ2) is 6.00. The predicted octanol–water partition coefficient (Wildman–Crippen LogP) is 0.738. The van der Waals surface area contributed by atoms with Gasteiger partial charge < -0.3 is 16.2 Å². The molecule has 0 aliphatic heterocycles. The topological polar surface area (TPSA) is 92.4 Å². The molecule has 0 spiro atoms. The van der Waals surface area contributed by atoms with E-state index in [0.29, 0.717) is 6.42 Å². The van der Waals surface area contributed by atoms with Crippen molar-refractivity contribution in [2.75, 3.05) is 0 Å². The van der Waals surface area contributed by atoms with Gasteiger partial charge in [0.25, 0.3) is 0 Å². The average Bonchev–Trinajstić information content (AvgIpc) is 2.35. The summed E-state index contributed by atoms with van der Waals surface area (Å²) in [6.07, 6.45) is 0.570. The molecule has 0 saturated heterocycles. The lowest BCUT2D eigenvalue weighted by Crippen LogP contribution is -2.39. The number of benzene rings is 1. The minimum absolute atomic E-state index is 0.205. The van der Waals surface area contributed by atoms with Gasteiger partial charge in [-0.1, -0.05) is 19.1 Å². The minimum Gasteiger partial charge on any atom is -0.478 e. The highest BCUT2D eigenvalue weighted by Gasteiger charge is 2.10. The van der Waals surface area contributed by atoms with Gasteiger partial charge in [0.15, 0.2) is 0 Å². The molecule has 1 rings (SSSR count). The van der Waals surface area contributed by atoms with Crippen LogP contribution in [0.4, 0.5) is 0 Å². The summed E-state index contributed by atoms with van der Waals surface area (Å²) in [5, 5.41) is 11.5. The van der Waals surface area contributed by atoms with E-state index in [2.05, 4.69) is 5.32 Å². The lowest BCUT2D eigenvalue weighted by atomic mass is 10.1. The lowest BCUT2D eigenvalue weighted by Gasteiger charge is -2.10. The van der Waals surface area contributed by atoms with Gasteiger partial charge >= 0.3 is 5.97 Å². The summed E-state index contributed by atoms with van der Waals surface area (Å²) in [5.74, 6) is -1.21. The standard InChI is InChI=1S/C12H16N2O3/c1-2-10(13)11(15)14-7-8-4-3-5-9(6-8)12(16)17/h3-6,10H,2,7,13H2,1H3,(H,14,15)(H,16,17)/t10-/m0/s1. The Morgan fingerprint density at radius 2 is 2.18 bits per heavy atom. The predicted molar refractivity (Wildman–Crippen MR) is 63.5 cm³/mol. The third-order valence-corrected chi connectivity index (χ3v) is 2.42. The summed E-state index contributed by atoms with van der Waals surface area (Å²) in [4.78, 5) is 22.2. The first-order chi connectivity index (χ1) is 8.04. The van der Waals surface area contributed by atoms with E-state index in [0.717, 1.165) is 5.56 Å². The van der Waals surface area contributed by atoms with Crippen molar-refractivity contribution in [2.45, 2.75) is 25.9 Å². The third kappa shape index (κ3) is 3.88. The normalized spacial score (nSPS) is 11.9. The van der Waals surface area contributed by atoms with Crippen LogP contribution in [-0.2, 0) is 11.3 Å². The maximum atomic E-state index is 11.4. The van der Waals surface area contributed by atoms with Gasteiger partial charge in [-0.3, -0.25) is 4.79 Å². The Labute approximate surface area is 99.6 Å². The summed E-state index contributed by atoms with van der Waals surface area (Å²) in [6.45, 7) is 2.11. The fourth-order valence-corrected chi connectivity index (χ4v) is 1.32. The van der Waals surface area contributed by atoms with Crippen LogP contribution in [0.5, 0.6) is 0 Å². The lowest BCUT2D eigenvalue weighted by molar-refractivity contribution is -0.122. The number of carbonyl (C=O) groups excluding carboxylic acids is 1. The highest BCUT2D eigenvalue weighted by atomic mass is 16.4. The fraction of sp³-hybridized carbons (Fsp3) is 0.333. The van der Waals surface area contributed by atoms with Gasteiger partial charge in [-0.05, 0) is 24.1 Å². The zero-order chi connectivity index (χ0) is 12.8. The summed E-state index contributed by atoms with van der Waals surface area (Å²) in [7, 11) is 0. The number of nitrogens with two attached hydrogens (primary N) is 1. The zero-order valence-electron chi connectivity index (χ0n) is 9.64. The first kappa shape index (κ1) is 13.2. The molecule has 0 saturated carbocycles. The number of carboxylic acids is 1.